The summed E-state index contributed by atoms with van der Waals surface area (Å²) in [6.07, 6.45) is -1.11. The number of aromatic nitrogens is 4. The minimum absolute atomic E-state index is 0.0956. The lowest BCUT2D eigenvalue weighted by atomic mass is 10.0. The first-order valence-electron chi connectivity index (χ1n) is 13.3. The molecule has 0 radical (unpaired) electrons. The van der Waals surface area contributed by atoms with Crippen LogP contribution in [0.15, 0.2) is 91.5 Å². The maximum absolute atomic E-state index is 13.7. The fourth-order valence-corrected chi connectivity index (χ4v) is 5.10. The molecule has 1 aliphatic heterocycles. The average molecular weight is 556 g/mol. The first-order valence-corrected chi connectivity index (χ1v) is 13.3. The van der Waals surface area contributed by atoms with E-state index in [9.17, 15) is 14.6 Å². The molecule has 4 atom stereocenters. The molecule has 0 bridgehead atoms. The number of anilines is 1. The number of ether oxygens (including phenoxy) is 2. The third kappa shape index (κ3) is 5.68. The smallest absolute Gasteiger partial charge is 0.167 e. The van der Waals surface area contributed by atoms with Gasteiger partial charge in [-0.1, -0.05) is 66.7 Å². The van der Waals surface area contributed by atoms with Crippen molar-refractivity contribution in [3.8, 4) is 11.1 Å². The van der Waals surface area contributed by atoms with E-state index in [4.69, 9.17) is 9.47 Å². The normalized spacial score (nSPS) is 20.5. The lowest BCUT2D eigenvalue weighted by Gasteiger charge is -2.19. The van der Waals surface area contributed by atoms with Gasteiger partial charge in [0.15, 0.2) is 23.2 Å². The largest absolute Gasteiger partial charge is 0.387 e. The van der Waals surface area contributed by atoms with Gasteiger partial charge in [-0.05, 0) is 34.4 Å². The molecule has 0 saturated carbocycles. The zero-order valence-electron chi connectivity index (χ0n) is 22.4. The van der Waals surface area contributed by atoms with Crippen LogP contribution in [0.5, 0.6) is 0 Å². The minimum Gasteiger partial charge on any atom is -0.387 e. The summed E-state index contributed by atoms with van der Waals surface area (Å²) in [6, 6.07) is 24.6. The Morgan fingerprint density at radius 1 is 0.902 bits per heavy atom. The predicted molar refractivity (Wildman–Crippen MR) is 151 cm³/mol. The summed E-state index contributed by atoms with van der Waals surface area (Å²) < 4.78 is 27.2. The molecule has 9 nitrogen and oxygen atoms in total. The molecule has 6 rings (SSSR count). The van der Waals surface area contributed by atoms with Crippen LogP contribution in [0.25, 0.3) is 22.3 Å². The van der Waals surface area contributed by atoms with Crippen molar-refractivity contribution in [2.45, 2.75) is 37.7 Å². The zero-order chi connectivity index (χ0) is 28.3. The summed E-state index contributed by atoms with van der Waals surface area (Å²) in [5.74, 6) is 0.239. The van der Waals surface area contributed by atoms with Crippen molar-refractivity contribution >= 4 is 17.0 Å². The van der Waals surface area contributed by atoms with Crippen LogP contribution < -0.4 is 4.90 Å². The van der Waals surface area contributed by atoms with E-state index in [1.807, 2.05) is 60.5 Å². The van der Waals surface area contributed by atoms with Crippen LogP contribution in [-0.4, -0.2) is 61.7 Å². The van der Waals surface area contributed by atoms with Crippen LogP contribution in [0.3, 0.4) is 0 Å². The van der Waals surface area contributed by atoms with E-state index in [2.05, 4.69) is 27.1 Å². The van der Waals surface area contributed by atoms with Gasteiger partial charge in [0.1, 0.15) is 30.5 Å². The molecule has 2 aromatic heterocycles. The number of aliphatic hydroxyl groups excluding tert-OH is 2. The van der Waals surface area contributed by atoms with Crippen molar-refractivity contribution in [2.75, 3.05) is 18.6 Å². The van der Waals surface area contributed by atoms with Gasteiger partial charge in [-0.15, -0.1) is 0 Å². The summed E-state index contributed by atoms with van der Waals surface area (Å²) in [4.78, 5) is 15.1. The van der Waals surface area contributed by atoms with E-state index in [1.54, 1.807) is 10.6 Å². The third-order valence-corrected chi connectivity index (χ3v) is 7.23. The third-order valence-electron chi connectivity index (χ3n) is 7.23. The van der Waals surface area contributed by atoms with Crippen molar-refractivity contribution in [3.05, 3.63) is 108 Å². The van der Waals surface area contributed by atoms with E-state index < -0.39 is 24.5 Å². The summed E-state index contributed by atoms with van der Waals surface area (Å²) >= 11 is 0. The summed E-state index contributed by atoms with van der Waals surface area (Å²) in [5, 5.41) is 21.6. The Labute approximate surface area is 236 Å². The number of nitrogens with zero attached hydrogens (tertiary/aromatic N) is 5. The van der Waals surface area contributed by atoms with Gasteiger partial charge in [-0.25, -0.2) is 19.3 Å². The highest BCUT2D eigenvalue weighted by Gasteiger charge is 2.44. The highest BCUT2D eigenvalue weighted by molar-refractivity contribution is 5.83. The zero-order valence-corrected chi connectivity index (χ0v) is 22.4. The van der Waals surface area contributed by atoms with Crippen molar-refractivity contribution in [3.63, 3.8) is 0 Å². The summed E-state index contributed by atoms with van der Waals surface area (Å²) in [5.41, 5.74) is 4.97. The number of hydrogen-bond donors (Lipinski definition) is 2. The highest BCUT2D eigenvalue weighted by Crippen LogP contribution is 2.33. The molecule has 1 fully saturated rings. The molecule has 210 valence electrons. The lowest BCUT2D eigenvalue weighted by molar-refractivity contribution is -0.0682. The van der Waals surface area contributed by atoms with Gasteiger partial charge in [-0.3, -0.25) is 4.57 Å². The molecule has 10 heteroatoms. The van der Waals surface area contributed by atoms with Crippen molar-refractivity contribution in [1.82, 2.24) is 19.5 Å². The van der Waals surface area contributed by atoms with Gasteiger partial charge in [0, 0.05) is 13.6 Å². The molecule has 3 heterocycles. The van der Waals surface area contributed by atoms with E-state index in [-0.39, 0.29) is 12.4 Å². The van der Waals surface area contributed by atoms with Gasteiger partial charge >= 0.3 is 0 Å². The topological polar surface area (TPSA) is 106 Å². The number of aliphatic hydroxyl groups is 2. The SMILES string of the molecule is CN(Cc1cccc(F)c1)c1ncnc2c1ncn2[C@@H]1O[C@H](COCc2ccc(-c3ccccc3)cc2)[C@@H](O)[C@H]1O. The molecule has 0 amide bonds. The number of imidazole rings is 1. The van der Waals surface area contributed by atoms with Crippen LogP contribution in [0.1, 0.15) is 17.4 Å². The number of halogens is 1. The van der Waals surface area contributed by atoms with Gasteiger partial charge in [0.2, 0.25) is 0 Å². The maximum Gasteiger partial charge on any atom is 0.167 e. The predicted octanol–water partition coefficient (Wildman–Crippen LogP) is 4.10. The Hall–Kier alpha value is -4.22. The first kappa shape index (κ1) is 27.0. The average Bonchev–Trinajstić information content (AvgIpc) is 3.54. The molecule has 5 aromatic rings. The molecule has 2 N–H and O–H groups in total. The van der Waals surface area contributed by atoms with Crippen LogP contribution in [0, 0.1) is 5.82 Å². The number of rotatable bonds is 9. The second-order valence-electron chi connectivity index (χ2n) is 10.1. The Morgan fingerprint density at radius 3 is 2.46 bits per heavy atom. The quantitative estimate of drug-likeness (QED) is 0.280. The van der Waals surface area contributed by atoms with Crippen molar-refractivity contribution < 1.29 is 24.1 Å². The molecule has 0 spiro atoms. The molecule has 1 aliphatic rings. The molecular formula is C31H30FN5O4. The molecule has 41 heavy (non-hydrogen) atoms. The fourth-order valence-electron chi connectivity index (χ4n) is 5.10. The van der Waals surface area contributed by atoms with Crippen molar-refractivity contribution in [1.29, 1.82) is 0 Å². The Kier molecular flexibility index (Phi) is 7.71. The monoisotopic (exact) mass is 555 g/mol. The summed E-state index contributed by atoms with van der Waals surface area (Å²) in [6.45, 7) is 0.843. The van der Waals surface area contributed by atoms with Crippen LogP contribution >= 0.6 is 0 Å². The fraction of sp³-hybridized carbons (Fsp3) is 0.258. The first-order chi connectivity index (χ1) is 20.0. The lowest BCUT2D eigenvalue weighted by Crippen LogP contribution is -2.33. The number of benzene rings is 3. The van der Waals surface area contributed by atoms with Crippen LogP contribution in [0.4, 0.5) is 10.2 Å². The molecular weight excluding hydrogens is 525 g/mol. The number of fused-ring (bicyclic) bond motifs is 1. The summed E-state index contributed by atoms with van der Waals surface area (Å²) in [7, 11) is 1.83. The van der Waals surface area contributed by atoms with Gasteiger partial charge < -0.3 is 24.6 Å². The van der Waals surface area contributed by atoms with Gasteiger partial charge in [0.25, 0.3) is 0 Å². The van der Waals surface area contributed by atoms with E-state index >= 15 is 0 Å². The van der Waals surface area contributed by atoms with E-state index in [1.165, 1.54) is 24.8 Å². The Bertz CT molecular complexity index is 1610. The second kappa shape index (κ2) is 11.7. The molecule has 0 aliphatic carbocycles. The minimum atomic E-state index is -1.21. The van der Waals surface area contributed by atoms with Crippen molar-refractivity contribution in [2.24, 2.45) is 0 Å². The van der Waals surface area contributed by atoms with Crippen LogP contribution in [0.2, 0.25) is 0 Å². The Balaban J connectivity index is 1.11. The van der Waals surface area contributed by atoms with E-state index in [0.29, 0.717) is 30.1 Å². The standard InChI is InChI=1S/C31H30FN5O4/c1-36(15-21-6-5-9-24(32)14-21)29-26-30(34-18-33-29)37(19-35-26)31-28(39)27(38)25(41-31)17-40-16-20-10-12-23(13-11-20)22-7-3-2-4-8-22/h2-14,18-19,25,27-28,31,38-39H,15-17H2,1H3/t25-,27-,28-,31-/m1/s1. The number of hydrogen-bond acceptors (Lipinski definition) is 8. The van der Waals surface area contributed by atoms with Gasteiger partial charge in [-0.2, -0.15) is 0 Å². The molecule has 1 saturated heterocycles. The van der Waals surface area contributed by atoms with E-state index in [0.717, 1.165) is 22.3 Å². The van der Waals surface area contributed by atoms with Gasteiger partial charge in [0.05, 0.1) is 19.5 Å². The molecule has 0 unspecified atom stereocenters. The maximum atomic E-state index is 13.7. The Morgan fingerprint density at radius 2 is 1.68 bits per heavy atom. The highest BCUT2D eigenvalue weighted by atomic mass is 19.1. The van der Waals surface area contributed by atoms with Crippen LogP contribution in [-0.2, 0) is 22.6 Å². The second-order valence-corrected chi connectivity index (χ2v) is 10.1. The molecule has 3 aromatic carbocycles.